The second-order valence-corrected chi connectivity index (χ2v) is 6.02. The number of alkyl halides is 3. The Kier molecular flexibility index (Phi) is 3.91. The predicted molar refractivity (Wildman–Crippen MR) is 91.8 cm³/mol. The summed E-state index contributed by atoms with van der Waals surface area (Å²) in [5, 5.41) is 0.298. The second kappa shape index (κ2) is 6.15. The molecule has 0 amide bonds. The molecule has 0 spiro atoms. The maximum atomic E-state index is 13.2. The monoisotopic (exact) mass is 372 g/mol. The van der Waals surface area contributed by atoms with Crippen LogP contribution in [0.15, 0.2) is 55.0 Å². The van der Waals surface area contributed by atoms with E-state index in [0.717, 1.165) is 24.2 Å². The molecule has 136 valence electrons. The van der Waals surface area contributed by atoms with Crippen molar-refractivity contribution in [1.29, 1.82) is 0 Å². The Morgan fingerprint density at radius 1 is 0.889 bits per heavy atom. The third-order valence-electron chi connectivity index (χ3n) is 4.11. The lowest BCUT2D eigenvalue weighted by atomic mass is 10.2. The highest BCUT2D eigenvalue weighted by Crippen LogP contribution is 2.34. The molecular formula is C19H12F4N4. The first-order valence-corrected chi connectivity index (χ1v) is 7.96. The zero-order chi connectivity index (χ0) is 19.2. The number of halogens is 4. The third kappa shape index (κ3) is 3.14. The van der Waals surface area contributed by atoms with Gasteiger partial charge in [0.2, 0.25) is 0 Å². The van der Waals surface area contributed by atoms with Crippen LogP contribution in [-0.2, 0) is 6.18 Å². The highest BCUT2D eigenvalue weighted by Gasteiger charge is 2.31. The van der Waals surface area contributed by atoms with Gasteiger partial charge in [0.05, 0.1) is 35.0 Å². The lowest BCUT2D eigenvalue weighted by Crippen LogP contribution is -2.06. The first kappa shape index (κ1) is 17.1. The Bertz CT molecular complexity index is 1110. The number of hydrogen-bond acceptors (Lipinski definition) is 3. The van der Waals surface area contributed by atoms with Crippen molar-refractivity contribution in [3.63, 3.8) is 0 Å². The molecule has 0 saturated heterocycles. The summed E-state index contributed by atoms with van der Waals surface area (Å²) in [6.07, 6.45) is -1.05. The van der Waals surface area contributed by atoms with Gasteiger partial charge in [0.25, 0.3) is 0 Å². The fourth-order valence-corrected chi connectivity index (χ4v) is 2.82. The summed E-state index contributed by atoms with van der Waals surface area (Å²) >= 11 is 0. The van der Waals surface area contributed by atoms with Crippen LogP contribution in [0.5, 0.6) is 0 Å². The lowest BCUT2D eigenvalue weighted by molar-refractivity contribution is -0.137. The predicted octanol–water partition coefficient (Wildman–Crippen LogP) is 4.95. The third-order valence-corrected chi connectivity index (χ3v) is 4.11. The zero-order valence-corrected chi connectivity index (χ0v) is 14.0. The van der Waals surface area contributed by atoms with Crippen molar-refractivity contribution < 1.29 is 17.6 Å². The number of aryl methyl sites for hydroxylation is 1. The summed E-state index contributed by atoms with van der Waals surface area (Å²) in [5.41, 5.74) is 1.79. The van der Waals surface area contributed by atoms with Gasteiger partial charge in [0.15, 0.2) is 0 Å². The van der Waals surface area contributed by atoms with Crippen LogP contribution in [0.1, 0.15) is 11.3 Å². The quantitative estimate of drug-likeness (QED) is 0.468. The van der Waals surface area contributed by atoms with Crippen molar-refractivity contribution in [2.75, 3.05) is 0 Å². The highest BCUT2D eigenvalue weighted by molar-refractivity contribution is 5.86. The van der Waals surface area contributed by atoms with E-state index in [1.165, 1.54) is 12.1 Å². The van der Waals surface area contributed by atoms with Crippen LogP contribution in [0.4, 0.5) is 17.6 Å². The van der Waals surface area contributed by atoms with Crippen molar-refractivity contribution in [1.82, 2.24) is 19.5 Å². The summed E-state index contributed by atoms with van der Waals surface area (Å²) in [6.45, 7) is 1.83. The molecule has 8 heteroatoms. The van der Waals surface area contributed by atoms with Crippen molar-refractivity contribution >= 4 is 11.0 Å². The van der Waals surface area contributed by atoms with Crippen molar-refractivity contribution in [2.45, 2.75) is 13.1 Å². The first-order chi connectivity index (χ1) is 12.8. The van der Waals surface area contributed by atoms with Crippen molar-refractivity contribution in [2.24, 2.45) is 0 Å². The number of aromatic nitrogens is 4. The van der Waals surface area contributed by atoms with E-state index in [9.17, 15) is 17.6 Å². The van der Waals surface area contributed by atoms with E-state index >= 15 is 0 Å². The molecule has 0 aliphatic rings. The zero-order valence-electron chi connectivity index (χ0n) is 14.0. The molecule has 4 aromatic rings. The molecular weight excluding hydrogens is 360 g/mol. The van der Waals surface area contributed by atoms with Gasteiger partial charge in [0, 0.05) is 17.3 Å². The highest BCUT2D eigenvalue weighted by atomic mass is 19.4. The normalized spacial score (nSPS) is 11.9. The van der Waals surface area contributed by atoms with E-state index < -0.39 is 17.6 Å². The first-order valence-electron chi connectivity index (χ1n) is 7.96. The lowest BCUT2D eigenvalue weighted by Gasteiger charge is -2.10. The average molecular weight is 372 g/mol. The minimum Gasteiger partial charge on any atom is -0.291 e. The van der Waals surface area contributed by atoms with Crippen molar-refractivity contribution in [3.8, 4) is 17.1 Å². The van der Waals surface area contributed by atoms with Crippen LogP contribution in [0.2, 0.25) is 0 Å². The fourth-order valence-electron chi connectivity index (χ4n) is 2.82. The summed E-state index contributed by atoms with van der Waals surface area (Å²) in [7, 11) is 0. The Morgan fingerprint density at radius 2 is 1.70 bits per heavy atom. The number of pyridine rings is 3. The van der Waals surface area contributed by atoms with Gasteiger partial charge < -0.3 is 0 Å². The smallest absolute Gasteiger partial charge is 0.291 e. The summed E-state index contributed by atoms with van der Waals surface area (Å²) in [5.74, 6) is -0.504. The number of fused-ring (bicyclic) bond motifs is 1. The minimum absolute atomic E-state index is 0.298. The van der Waals surface area contributed by atoms with Gasteiger partial charge in [0.1, 0.15) is 11.5 Å². The SMILES string of the molecule is Cc1ccc(-n2c(-c3ccc(F)cn3)cc3cc(C(F)(F)F)cnc32)cn1. The number of hydrogen-bond donors (Lipinski definition) is 0. The molecule has 4 heterocycles. The summed E-state index contributed by atoms with van der Waals surface area (Å²) in [6, 6.07) is 8.87. The van der Waals surface area contributed by atoms with Crippen LogP contribution in [0.25, 0.3) is 28.1 Å². The molecule has 27 heavy (non-hydrogen) atoms. The van der Waals surface area contributed by atoms with Crippen LogP contribution < -0.4 is 0 Å². The molecule has 0 aliphatic heterocycles. The van der Waals surface area contributed by atoms with Crippen LogP contribution in [0.3, 0.4) is 0 Å². The average Bonchev–Trinajstić information content (AvgIpc) is 3.01. The minimum atomic E-state index is -4.50. The second-order valence-electron chi connectivity index (χ2n) is 6.02. The molecule has 0 radical (unpaired) electrons. The fraction of sp³-hybridized carbons (Fsp3) is 0.105. The Labute approximate surface area is 151 Å². The van der Waals surface area contributed by atoms with Gasteiger partial charge in [-0.05, 0) is 43.3 Å². The molecule has 0 unspecified atom stereocenters. The molecule has 0 aromatic carbocycles. The maximum absolute atomic E-state index is 13.2. The van der Waals surface area contributed by atoms with E-state index in [4.69, 9.17) is 0 Å². The molecule has 4 aromatic heterocycles. The van der Waals surface area contributed by atoms with Crippen LogP contribution >= 0.6 is 0 Å². The van der Waals surface area contributed by atoms with E-state index in [0.29, 0.717) is 28.1 Å². The standard InChI is InChI=1S/C19H12F4N4/c1-11-2-4-15(10-24-11)27-17(16-5-3-14(20)9-25-16)7-12-6-13(19(21,22)23)8-26-18(12)27/h2-10H,1H3. The molecule has 0 fully saturated rings. The van der Waals surface area contributed by atoms with E-state index in [-0.39, 0.29) is 0 Å². The summed E-state index contributed by atoms with van der Waals surface area (Å²) < 4.78 is 54.0. The molecule has 4 nitrogen and oxygen atoms in total. The molecule has 0 bridgehead atoms. The maximum Gasteiger partial charge on any atom is 0.417 e. The largest absolute Gasteiger partial charge is 0.417 e. The molecule has 0 atom stereocenters. The van der Waals surface area contributed by atoms with E-state index in [1.54, 1.807) is 29.0 Å². The van der Waals surface area contributed by atoms with Gasteiger partial charge in [-0.15, -0.1) is 0 Å². The van der Waals surface area contributed by atoms with Gasteiger partial charge in [-0.3, -0.25) is 14.5 Å². The Balaban J connectivity index is 2.00. The molecule has 0 saturated carbocycles. The van der Waals surface area contributed by atoms with Gasteiger partial charge in [-0.25, -0.2) is 9.37 Å². The van der Waals surface area contributed by atoms with Gasteiger partial charge in [-0.2, -0.15) is 13.2 Å². The van der Waals surface area contributed by atoms with Gasteiger partial charge in [-0.1, -0.05) is 0 Å². The number of rotatable bonds is 2. The van der Waals surface area contributed by atoms with E-state index in [2.05, 4.69) is 15.0 Å². The summed E-state index contributed by atoms with van der Waals surface area (Å²) in [4.78, 5) is 12.3. The molecule has 4 rings (SSSR count). The topological polar surface area (TPSA) is 43.6 Å². The Hall–Kier alpha value is -3.29. The Morgan fingerprint density at radius 3 is 2.33 bits per heavy atom. The van der Waals surface area contributed by atoms with Gasteiger partial charge >= 0.3 is 6.18 Å². The number of nitrogens with zero attached hydrogens (tertiary/aromatic N) is 4. The van der Waals surface area contributed by atoms with E-state index in [1.807, 2.05) is 6.92 Å². The van der Waals surface area contributed by atoms with Crippen molar-refractivity contribution in [3.05, 3.63) is 72.1 Å². The molecule has 0 aliphatic carbocycles. The van der Waals surface area contributed by atoms with Crippen LogP contribution in [-0.4, -0.2) is 19.5 Å². The molecule has 0 N–H and O–H groups in total. The van der Waals surface area contributed by atoms with Crippen LogP contribution in [0, 0.1) is 12.7 Å².